The third-order valence-electron chi connectivity index (χ3n) is 5.90. The summed E-state index contributed by atoms with van der Waals surface area (Å²) in [4.78, 5) is 47.1. The van der Waals surface area contributed by atoms with Gasteiger partial charge in [-0.3, -0.25) is 14.4 Å². The molecule has 0 saturated carbocycles. The van der Waals surface area contributed by atoms with Crippen LogP contribution in [-0.4, -0.2) is 39.4 Å². The van der Waals surface area contributed by atoms with E-state index in [0.29, 0.717) is 5.69 Å². The van der Waals surface area contributed by atoms with E-state index in [9.17, 15) is 14.4 Å². The first-order valence-corrected chi connectivity index (χ1v) is 13.0. The molecule has 8 heteroatoms. The van der Waals surface area contributed by atoms with Crippen LogP contribution in [-0.2, 0) is 20.9 Å². The molecular formula is C27H23N3O3S2. The Morgan fingerprint density at radius 3 is 2.49 bits per heavy atom. The highest BCUT2D eigenvalue weighted by molar-refractivity contribution is 8.01. The highest BCUT2D eigenvalue weighted by atomic mass is 32.2. The standard InChI is InChI=1S/C27H23N3O3S2/c1-18-11-13-20(14-12-18)30-24(31)15-22(26(30)33)29(16-19-7-3-2-4-8-19)25(32)17-34-27-28-21-9-5-6-10-23(21)35-27/h2-14,22H,15-17H2,1H3. The minimum absolute atomic E-state index is 0.0307. The van der Waals surface area contributed by atoms with Crippen molar-refractivity contribution in [1.82, 2.24) is 9.88 Å². The summed E-state index contributed by atoms with van der Waals surface area (Å²) in [5, 5.41) is 0. The van der Waals surface area contributed by atoms with Crippen LogP contribution in [0, 0.1) is 6.92 Å². The molecule has 3 aromatic carbocycles. The van der Waals surface area contributed by atoms with Gasteiger partial charge >= 0.3 is 0 Å². The zero-order valence-electron chi connectivity index (χ0n) is 19.1. The number of para-hydroxylation sites is 1. The van der Waals surface area contributed by atoms with Crippen LogP contribution in [0.4, 0.5) is 5.69 Å². The molecule has 1 aliphatic heterocycles. The predicted octanol–water partition coefficient (Wildman–Crippen LogP) is 5.06. The van der Waals surface area contributed by atoms with E-state index in [0.717, 1.165) is 25.7 Å². The number of thiazole rings is 1. The molecule has 6 nitrogen and oxygen atoms in total. The number of benzene rings is 3. The molecule has 4 aromatic rings. The summed E-state index contributed by atoms with van der Waals surface area (Å²) in [5.41, 5.74) is 3.37. The van der Waals surface area contributed by atoms with Gasteiger partial charge in [0.2, 0.25) is 11.8 Å². The van der Waals surface area contributed by atoms with Gasteiger partial charge in [-0.15, -0.1) is 11.3 Å². The molecule has 0 bridgehead atoms. The number of hydrogen-bond acceptors (Lipinski definition) is 6. The molecule has 0 N–H and O–H groups in total. The van der Waals surface area contributed by atoms with Crippen molar-refractivity contribution < 1.29 is 14.4 Å². The number of imide groups is 1. The second-order valence-electron chi connectivity index (χ2n) is 8.37. The number of fused-ring (bicyclic) bond motifs is 1. The topological polar surface area (TPSA) is 70.6 Å². The average Bonchev–Trinajstić information content (AvgIpc) is 3.42. The minimum Gasteiger partial charge on any atom is -0.325 e. The van der Waals surface area contributed by atoms with Crippen LogP contribution in [0.5, 0.6) is 0 Å². The summed E-state index contributed by atoms with van der Waals surface area (Å²) < 4.78 is 1.86. The number of anilines is 1. The number of hydrogen-bond donors (Lipinski definition) is 0. The van der Waals surface area contributed by atoms with Gasteiger partial charge in [-0.25, -0.2) is 9.88 Å². The van der Waals surface area contributed by atoms with Crippen molar-refractivity contribution in [3.63, 3.8) is 0 Å². The number of nitrogens with zero attached hydrogens (tertiary/aromatic N) is 3. The molecule has 3 amide bonds. The fraction of sp³-hybridized carbons (Fsp3) is 0.185. The Hall–Kier alpha value is -3.49. The smallest absolute Gasteiger partial charge is 0.257 e. The summed E-state index contributed by atoms with van der Waals surface area (Å²) in [7, 11) is 0. The number of aryl methyl sites for hydroxylation is 1. The van der Waals surface area contributed by atoms with E-state index in [4.69, 9.17) is 0 Å². The second kappa shape index (κ2) is 10.0. The molecule has 0 aliphatic carbocycles. The molecule has 35 heavy (non-hydrogen) atoms. The first kappa shape index (κ1) is 23.3. The SMILES string of the molecule is Cc1ccc(N2C(=O)CC(N(Cc3ccccc3)C(=O)CSc3nc4ccccc4s3)C2=O)cc1. The molecule has 176 valence electrons. The van der Waals surface area contributed by atoms with Crippen molar-refractivity contribution in [3.8, 4) is 0 Å². The summed E-state index contributed by atoms with van der Waals surface area (Å²) in [6.45, 7) is 2.20. The van der Waals surface area contributed by atoms with E-state index < -0.39 is 6.04 Å². The fourth-order valence-electron chi connectivity index (χ4n) is 4.10. The van der Waals surface area contributed by atoms with Crippen LogP contribution >= 0.6 is 23.1 Å². The largest absolute Gasteiger partial charge is 0.325 e. The maximum absolute atomic E-state index is 13.5. The highest BCUT2D eigenvalue weighted by Gasteiger charge is 2.44. The van der Waals surface area contributed by atoms with Gasteiger partial charge in [-0.2, -0.15) is 0 Å². The van der Waals surface area contributed by atoms with E-state index in [1.807, 2.05) is 73.7 Å². The van der Waals surface area contributed by atoms with Crippen molar-refractivity contribution >= 4 is 56.7 Å². The lowest BCUT2D eigenvalue weighted by Gasteiger charge is -2.27. The van der Waals surface area contributed by atoms with Gasteiger partial charge in [-0.1, -0.05) is 71.9 Å². The predicted molar refractivity (Wildman–Crippen MR) is 139 cm³/mol. The van der Waals surface area contributed by atoms with Gasteiger partial charge in [-0.05, 0) is 36.8 Å². The van der Waals surface area contributed by atoms with E-state index in [-0.39, 0.29) is 36.4 Å². The summed E-state index contributed by atoms with van der Waals surface area (Å²) in [5.74, 6) is -0.730. The molecule has 2 heterocycles. The Bertz CT molecular complexity index is 1350. The molecule has 1 atom stereocenters. The lowest BCUT2D eigenvalue weighted by molar-refractivity contribution is -0.136. The van der Waals surface area contributed by atoms with Crippen molar-refractivity contribution in [2.24, 2.45) is 0 Å². The second-order valence-corrected chi connectivity index (χ2v) is 10.6. The van der Waals surface area contributed by atoms with Crippen LogP contribution < -0.4 is 4.90 Å². The van der Waals surface area contributed by atoms with Crippen molar-refractivity contribution in [1.29, 1.82) is 0 Å². The monoisotopic (exact) mass is 501 g/mol. The van der Waals surface area contributed by atoms with Gasteiger partial charge in [0.05, 0.1) is 28.1 Å². The van der Waals surface area contributed by atoms with Crippen LogP contribution in [0.1, 0.15) is 17.5 Å². The Morgan fingerprint density at radius 2 is 1.74 bits per heavy atom. The van der Waals surface area contributed by atoms with Gasteiger partial charge in [0, 0.05) is 6.54 Å². The molecule has 1 unspecified atom stereocenters. The molecule has 1 aliphatic rings. The Kier molecular flexibility index (Phi) is 6.66. The van der Waals surface area contributed by atoms with Gasteiger partial charge < -0.3 is 4.90 Å². The first-order valence-electron chi connectivity index (χ1n) is 11.2. The van der Waals surface area contributed by atoms with E-state index in [1.54, 1.807) is 17.0 Å². The third-order valence-corrected chi connectivity index (χ3v) is 8.06. The van der Waals surface area contributed by atoms with Gasteiger partial charge in [0.25, 0.3) is 5.91 Å². The zero-order valence-corrected chi connectivity index (χ0v) is 20.7. The van der Waals surface area contributed by atoms with E-state index >= 15 is 0 Å². The molecular weight excluding hydrogens is 478 g/mol. The number of rotatable bonds is 7. The van der Waals surface area contributed by atoms with Gasteiger partial charge in [0.15, 0.2) is 4.34 Å². The van der Waals surface area contributed by atoms with Crippen LogP contribution in [0.15, 0.2) is 83.2 Å². The summed E-state index contributed by atoms with van der Waals surface area (Å²) in [6.07, 6.45) is -0.0307. The molecule has 1 fully saturated rings. The summed E-state index contributed by atoms with van der Waals surface area (Å²) >= 11 is 2.90. The van der Waals surface area contributed by atoms with Crippen LogP contribution in [0.2, 0.25) is 0 Å². The molecule has 0 spiro atoms. The highest BCUT2D eigenvalue weighted by Crippen LogP contribution is 2.31. The normalized spacial score (nSPS) is 15.7. The van der Waals surface area contributed by atoms with Crippen molar-refractivity contribution in [3.05, 3.63) is 90.0 Å². The number of aromatic nitrogens is 1. The maximum atomic E-state index is 13.5. The lowest BCUT2D eigenvalue weighted by atomic mass is 10.1. The average molecular weight is 502 g/mol. The molecule has 1 aromatic heterocycles. The maximum Gasteiger partial charge on any atom is 0.257 e. The van der Waals surface area contributed by atoms with Crippen LogP contribution in [0.3, 0.4) is 0 Å². The van der Waals surface area contributed by atoms with E-state index in [2.05, 4.69) is 4.98 Å². The zero-order chi connectivity index (χ0) is 24.4. The molecule has 1 saturated heterocycles. The first-order chi connectivity index (χ1) is 17.0. The molecule has 5 rings (SSSR count). The molecule has 0 radical (unpaired) electrons. The quantitative estimate of drug-likeness (QED) is 0.262. The number of amides is 3. The number of thioether (sulfide) groups is 1. The Labute approximate surface area is 211 Å². The van der Waals surface area contributed by atoms with Gasteiger partial charge in [0.1, 0.15) is 6.04 Å². The van der Waals surface area contributed by atoms with Crippen molar-refractivity contribution in [2.75, 3.05) is 10.7 Å². The van der Waals surface area contributed by atoms with E-state index in [1.165, 1.54) is 28.0 Å². The number of carbonyl (C=O) groups excluding carboxylic acids is 3. The fourth-order valence-corrected chi connectivity index (χ4v) is 6.05. The van der Waals surface area contributed by atoms with Crippen molar-refractivity contribution in [2.45, 2.75) is 30.3 Å². The Balaban J connectivity index is 1.38. The summed E-state index contributed by atoms with van der Waals surface area (Å²) in [6, 6.07) is 23.8. The van der Waals surface area contributed by atoms with Crippen LogP contribution in [0.25, 0.3) is 10.2 Å². The third kappa shape index (κ3) is 4.99. The number of carbonyl (C=O) groups is 3. The minimum atomic E-state index is -0.840. The Morgan fingerprint density at radius 1 is 1.03 bits per heavy atom. The lowest BCUT2D eigenvalue weighted by Crippen LogP contribution is -2.45.